The molecule has 4 aromatic rings. The number of amides is 2. The van der Waals surface area contributed by atoms with Crippen molar-refractivity contribution in [2.45, 2.75) is 96.9 Å². The summed E-state index contributed by atoms with van der Waals surface area (Å²) in [7, 11) is 1.36. The Labute approximate surface area is 298 Å². The molecule has 2 amide bonds. The molecule has 2 atom stereocenters. The van der Waals surface area contributed by atoms with Crippen molar-refractivity contribution in [3.05, 3.63) is 72.1 Å². The van der Waals surface area contributed by atoms with Crippen molar-refractivity contribution in [1.82, 2.24) is 29.7 Å². The van der Waals surface area contributed by atoms with E-state index in [0.29, 0.717) is 30.3 Å². The zero-order valence-electron chi connectivity index (χ0n) is 30.5. The van der Waals surface area contributed by atoms with E-state index in [1.165, 1.54) is 7.11 Å². The quantitative estimate of drug-likeness (QED) is 0.146. The Kier molecular flexibility index (Phi) is 9.97. The Bertz CT molecular complexity index is 1870. The highest BCUT2D eigenvalue weighted by atomic mass is 16.6. The van der Waals surface area contributed by atoms with Crippen LogP contribution in [-0.2, 0) is 25.4 Å². The van der Waals surface area contributed by atoms with E-state index in [0.717, 1.165) is 59.5 Å². The average molecular weight is 697 g/mol. The number of ether oxygens (including phenoxy) is 3. The highest BCUT2D eigenvalue weighted by molar-refractivity contribution is 5.77. The minimum absolute atomic E-state index is 0.0241. The molecule has 6 rings (SSSR count). The van der Waals surface area contributed by atoms with E-state index in [4.69, 9.17) is 19.2 Å². The number of esters is 1. The van der Waals surface area contributed by atoms with Gasteiger partial charge in [-0.3, -0.25) is 14.6 Å². The van der Waals surface area contributed by atoms with Gasteiger partial charge in [-0.05, 0) is 83.9 Å². The average Bonchev–Trinajstić information content (AvgIpc) is 3.89. The summed E-state index contributed by atoms with van der Waals surface area (Å²) in [5, 5.41) is 0. The first-order chi connectivity index (χ1) is 24.2. The Morgan fingerprint density at radius 3 is 1.73 bits per heavy atom. The van der Waals surface area contributed by atoms with E-state index in [1.807, 2.05) is 84.1 Å². The fourth-order valence-corrected chi connectivity index (χ4v) is 6.67. The molecule has 2 saturated heterocycles. The van der Waals surface area contributed by atoms with Gasteiger partial charge >= 0.3 is 18.2 Å². The van der Waals surface area contributed by atoms with E-state index in [1.54, 1.807) is 9.80 Å². The first-order valence-corrected chi connectivity index (χ1v) is 17.6. The van der Waals surface area contributed by atoms with Crippen LogP contribution in [0.25, 0.3) is 33.6 Å². The van der Waals surface area contributed by atoms with Gasteiger partial charge in [-0.25, -0.2) is 19.6 Å². The van der Waals surface area contributed by atoms with E-state index in [9.17, 15) is 14.4 Å². The lowest BCUT2D eigenvalue weighted by Crippen LogP contribution is -2.36. The summed E-state index contributed by atoms with van der Waals surface area (Å²) in [5.41, 5.74) is 4.88. The molecule has 2 fully saturated rings. The van der Waals surface area contributed by atoms with Crippen LogP contribution in [0.4, 0.5) is 9.59 Å². The van der Waals surface area contributed by atoms with Crippen LogP contribution in [0.2, 0.25) is 0 Å². The summed E-state index contributed by atoms with van der Waals surface area (Å²) in [6.07, 6.45) is 4.44. The van der Waals surface area contributed by atoms with Gasteiger partial charge in [0.1, 0.15) is 22.9 Å². The number of nitrogens with one attached hydrogen (secondary N) is 2. The van der Waals surface area contributed by atoms with Crippen LogP contribution in [0.15, 0.2) is 54.7 Å². The summed E-state index contributed by atoms with van der Waals surface area (Å²) in [6.45, 7) is 12.4. The number of H-pyrrole nitrogens is 2. The smallest absolute Gasteiger partial charge is 0.410 e. The summed E-state index contributed by atoms with van der Waals surface area (Å²) in [5.74, 6) is 0.998. The van der Waals surface area contributed by atoms with Crippen LogP contribution in [-0.4, -0.2) is 79.3 Å². The lowest BCUT2D eigenvalue weighted by Gasteiger charge is -2.27. The molecule has 0 spiro atoms. The second-order valence-electron chi connectivity index (χ2n) is 15.2. The first kappa shape index (κ1) is 35.7. The third-order valence-corrected chi connectivity index (χ3v) is 9.02. The highest BCUT2D eigenvalue weighted by Gasteiger charge is 2.36. The maximum absolute atomic E-state index is 13.0. The van der Waals surface area contributed by atoms with Crippen molar-refractivity contribution in [2.75, 3.05) is 20.2 Å². The second-order valence-corrected chi connectivity index (χ2v) is 15.2. The van der Waals surface area contributed by atoms with E-state index in [-0.39, 0.29) is 36.7 Å². The lowest BCUT2D eigenvalue weighted by molar-refractivity contribution is -0.139. The molecule has 12 heteroatoms. The van der Waals surface area contributed by atoms with Crippen LogP contribution >= 0.6 is 0 Å². The fourth-order valence-electron chi connectivity index (χ4n) is 6.67. The number of likely N-dealkylation sites (tertiary alicyclic amines) is 2. The molecule has 51 heavy (non-hydrogen) atoms. The molecule has 0 aliphatic carbocycles. The minimum atomic E-state index is -0.610. The summed E-state index contributed by atoms with van der Waals surface area (Å²) >= 11 is 0. The van der Waals surface area contributed by atoms with Gasteiger partial charge in [0.25, 0.3) is 0 Å². The number of imidazole rings is 2. The van der Waals surface area contributed by atoms with Gasteiger partial charge in [-0.2, -0.15) is 0 Å². The van der Waals surface area contributed by atoms with Crippen molar-refractivity contribution >= 4 is 18.2 Å². The molecule has 4 heterocycles. The number of rotatable bonds is 7. The molecule has 12 nitrogen and oxygen atoms in total. The van der Waals surface area contributed by atoms with Crippen molar-refractivity contribution < 1.29 is 28.6 Å². The van der Waals surface area contributed by atoms with Gasteiger partial charge < -0.3 is 24.2 Å². The van der Waals surface area contributed by atoms with Gasteiger partial charge in [0, 0.05) is 18.7 Å². The van der Waals surface area contributed by atoms with Crippen molar-refractivity contribution in [3.63, 3.8) is 0 Å². The number of aromatic amines is 2. The predicted octanol–water partition coefficient (Wildman–Crippen LogP) is 7.99. The number of hydrogen-bond acceptors (Lipinski definition) is 8. The molecule has 0 saturated carbocycles. The van der Waals surface area contributed by atoms with Gasteiger partial charge in [0.15, 0.2) is 0 Å². The number of nitrogens with zero attached hydrogens (tertiary/aromatic N) is 4. The highest BCUT2D eigenvalue weighted by Crippen LogP contribution is 2.36. The number of aromatic nitrogens is 4. The third-order valence-electron chi connectivity index (χ3n) is 9.02. The third kappa shape index (κ3) is 8.27. The topological polar surface area (TPSA) is 143 Å². The maximum atomic E-state index is 13.0. The molecule has 0 radical (unpaired) electrons. The molecule has 2 aromatic carbocycles. The number of benzene rings is 2. The molecule has 270 valence electrons. The Balaban J connectivity index is 1.18. The van der Waals surface area contributed by atoms with E-state index < -0.39 is 11.2 Å². The first-order valence-electron chi connectivity index (χ1n) is 17.6. The molecular formula is C39H48N6O6. The lowest BCUT2D eigenvalue weighted by atomic mass is 10.0. The SMILES string of the molecule is COC(=O)Cc1[nH]c([C@H]2CCCN2C(=O)OC(C)(C)C)nc1-c1ccc(-c2ccc(-c3cnc([C@H]4CCCN4C(=O)OC(C)(C)C)[nH]3)cc2)cc1. The Morgan fingerprint density at radius 2 is 1.22 bits per heavy atom. The van der Waals surface area contributed by atoms with E-state index in [2.05, 4.69) is 27.1 Å². The van der Waals surface area contributed by atoms with Gasteiger partial charge in [0.2, 0.25) is 0 Å². The van der Waals surface area contributed by atoms with E-state index >= 15 is 0 Å². The standard InChI is InChI=1S/C39H48N6O6/c1-38(2,3)50-36(47)44-20-8-10-30(44)34-40-23-29(42-34)26-16-12-24(13-17-26)25-14-18-27(19-15-25)33-28(22-32(46)49-7)41-35(43-33)31-11-9-21-45(31)37(48)51-39(4,5)6/h12-19,23,30-31H,8-11,20-22H2,1-7H3,(H,40,42)(H,41,43)/t30-,31-/m1/s1. The summed E-state index contributed by atoms with van der Waals surface area (Å²) < 4.78 is 16.3. The van der Waals surface area contributed by atoms with Gasteiger partial charge in [-0.15, -0.1) is 0 Å². The number of carbonyl (C=O) groups is 3. The van der Waals surface area contributed by atoms with Crippen LogP contribution in [0.5, 0.6) is 0 Å². The molecular weight excluding hydrogens is 648 g/mol. The van der Waals surface area contributed by atoms with Crippen LogP contribution < -0.4 is 0 Å². The zero-order chi connectivity index (χ0) is 36.5. The predicted molar refractivity (Wildman–Crippen MR) is 193 cm³/mol. The number of methoxy groups -OCH3 is 1. The summed E-state index contributed by atoms with van der Waals surface area (Å²) in [6, 6.07) is 15.8. The van der Waals surface area contributed by atoms with Crippen molar-refractivity contribution in [1.29, 1.82) is 0 Å². The largest absolute Gasteiger partial charge is 0.469 e. The Hall–Kier alpha value is -5.13. The second kappa shape index (κ2) is 14.2. The van der Waals surface area contributed by atoms with Crippen molar-refractivity contribution in [2.24, 2.45) is 0 Å². The molecule has 2 aliphatic rings. The molecule has 0 bridgehead atoms. The van der Waals surface area contributed by atoms with Crippen LogP contribution in [0.3, 0.4) is 0 Å². The van der Waals surface area contributed by atoms with Gasteiger partial charge in [-0.1, -0.05) is 48.5 Å². The zero-order valence-corrected chi connectivity index (χ0v) is 30.5. The molecule has 0 unspecified atom stereocenters. The van der Waals surface area contributed by atoms with Gasteiger partial charge in [0.05, 0.1) is 48.9 Å². The molecule has 2 aliphatic heterocycles. The van der Waals surface area contributed by atoms with Crippen LogP contribution in [0, 0.1) is 0 Å². The monoisotopic (exact) mass is 696 g/mol. The normalized spacial score (nSPS) is 17.9. The Morgan fingerprint density at radius 1 is 0.725 bits per heavy atom. The molecule has 2 aromatic heterocycles. The van der Waals surface area contributed by atoms with Crippen molar-refractivity contribution in [3.8, 4) is 33.6 Å². The number of hydrogen-bond donors (Lipinski definition) is 2. The maximum Gasteiger partial charge on any atom is 0.410 e. The van der Waals surface area contributed by atoms with Crippen LogP contribution in [0.1, 0.15) is 96.7 Å². The molecule has 2 N–H and O–H groups in total. The number of carbonyl (C=O) groups excluding carboxylic acids is 3. The minimum Gasteiger partial charge on any atom is -0.469 e. The fraction of sp³-hybridized carbons (Fsp3) is 0.462. The summed E-state index contributed by atoms with van der Waals surface area (Å²) in [4.78, 5) is 58.0.